The molecule has 0 bridgehead atoms. The Hall–Kier alpha value is -4.00. The van der Waals surface area contributed by atoms with Crippen molar-refractivity contribution in [1.29, 1.82) is 0 Å². The fourth-order valence-corrected chi connectivity index (χ4v) is 3.97. The van der Waals surface area contributed by atoms with E-state index in [1.54, 1.807) is 28.0 Å². The molecule has 0 unspecified atom stereocenters. The molecule has 2 aliphatic heterocycles. The van der Waals surface area contributed by atoms with Crippen molar-refractivity contribution in [3.8, 4) is 23.0 Å². The van der Waals surface area contributed by atoms with Gasteiger partial charge in [0.05, 0.1) is 0 Å². The first kappa shape index (κ1) is 20.9. The molecule has 0 saturated carbocycles. The van der Waals surface area contributed by atoms with Gasteiger partial charge in [-0.3, -0.25) is 9.59 Å². The van der Waals surface area contributed by atoms with Gasteiger partial charge in [0.1, 0.15) is 18.1 Å². The maximum Gasteiger partial charge on any atom is 0.267 e. The van der Waals surface area contributed by atoms with Crippen molar-refractivity contribution in [3.05, 3.63) is 84.4 Å². The number of para-hydroxylation sites is 3. The lowest BCUT2D eigenvalue weighted by atomic mass is 10.1. The highest BCUT2D eigenvalue weighted by atomic mass is 16.6. The van der Waals surface area contributed by atoms with E-state index >= 15 is 0 Å². The summed E-state index contributed by atoms with van der Waals surface area (Å²) in [7, 11) is 0. The molecule has 3 aromatic carbocycles. The van der Waals surface area contributed by atoms with Crippen molar-refractivity contribution in [3.63, 3.8) is 0 Å². The zero-order valence-electron chi connectivity index (χ0n) is 18.1. The molecule has 0 aliphatic carbocycles. The lowest BCUT2D eigenvalue weighted by molar-refractivity contribution is -0.142. The summed E-state index contributed by atoms with van der Waals surface area (Å²) in [4.78, 5) is 29.5. The lowest BCUT2D eigenvalue weighted by Gasteiger charge is -2.37. The van der Waals surface area contributed by atoms with Crippen molar-refractivity contribution < 1.29 is 23.8 Å². The van der Waals surface area contributed by atoms with Crippen LogP contribution >= 0.6 is 0 Å². The number of ether oxygens (including phenoxy) is 3. The topological polar surface area (TPSA) is 68.3 Å². The average Bonchev–Trinajstić information content (AvgIpc) is 2.88. The van der Waals surface area contributed by atoms with Gasteiger partial charge in [-0.15, -0.1) is 0 Å². The van der Waals surface area contributed by atoms with Gasteiger partial charge in [0.25, 0.3) is 11.8 Å². The van der Waals surface area contributed by atoms with E-state index in [-0.39, 0.29) is 18.4 Å². The summed E-state index contributed by atoms with van der Waals surface area (Å²) < 4.78 is 17.4. The SMILES string of the molecule is O=C(c1cccc(Oc2ccccc2)c1)N1CCN(C(=O)[C@@H]2COc3ccccc3O2)CC1. The Labute approximate surface area is 192 Å². The van der Waals surface area contributed by atoms with Crippen LogP contribution in [0.5, 0.6) is 23.0 Å². The summed E-state index contributed by atoms with van der Waals surface area (Å²) in [6, 6.07) is 23.9. The first-order chi connectivity index (χ1) is 16.2. The summed E-state index contributed by atoms with van der Waals surface area (Å²) in [6.07, 6.45) is -0.672. The first-order valence-corrected chi connectivity index (χ1v) is 11.0. The monoisotopic (exact) mass is 444 g/mol. The van der Waals surface area contributed by atoms with Crippen LogP contribution in [0.1, 0.15) is 10.4 Å². The molecular formula is C26H24N2O5. The number of fused-ring (bicyclic) bond motifs is 1. The third-order valence-electron chi connectivity index (χ3n) is 5.72. The first-order valence-electron chi connectivity index (χ1n) is 11.0. The number of benzene rings is 3. The Bertz CT molecular complexity index is 1140. The Balaban J connectivity index is 1.18. The van der Waals surface area contributed by atoms with Crippen molar-refractivity contribution in [1.82, 2.24) is 9.80 Å². The van der Waals surface area contributed by atoms with E-state index < -0.39 is 6.10 Å². The molecular weight excluding hydrogens is 420 g/mol. The van der Waals surface area contributed by atoms with Crippen molar-refractivity contribution in [2.75, 3.05) is 32.8 Å². The normalized spacial score (nSPS) is 17.4. The van der Waals surface area contributed by atoms with E-state index in [0.717, 1.165) is 0 Å². The van der Waals surface area contributed by atoms with E-state index in [4.69, 9.17) is 14.2 Å². The minimum Gasteiger partial charge on any atom is -0.485 e. The van der Waals surface area contributed by atoms with Gasteiger partial charge >= 0.3 is 0 Å². The molecule has 3 aromatic rings. The van der Waals surface area contributed by atoms with Gasteiger partial charge < -0.3 is 24.0 Å². The number of hydrogen-bond acceptors (Lipinski definition) is 5. The van der Waals surface area contributed by atoms with Gasteiger partial charge in [-0.1, -0.05) is 36.4 Å². The van der Waals surface area contributed by atoms with E-state index in [0.29, 0.717) is 54.7 Å². The molecule has 0 N–H and O–H groups in total. The van der Waals surface area contributed by atoms with Gasteiger partial charge in [0.2, 0.25) is 6.10 Å². The summed E-state index contributed by atoms with van der Waals surface area (Å²) in [5.41, 5.74) is 0.559. The highest BCUT2D eigenvalue weighted by Gasteiger charge is 2.33. The Morgan fingerprint density at radius 2 is 1.42 bits per heavy atom. The zero-order chi connectivity index (χ0) is 22.6. The number of carbonyl (C=O) groups is 2. The maximum atomic E-state index is 13.0. The molecule has 2 aliphatic rings. The molecule has 0 radical (unpaired) electrons. The molecule has 168 valence electrons. The van der Waals surface area contributed by atoms with Crippen LogP contribution in [0.3, 0.4) is 0 Å². The summed E-state index contributed by atoms with van der Waals surface area (Å²) in [5.74, 6) is 2.35. The standard InChI is InChI=1S/C26H24N2O5/c29-25(19-7-6-10-21(17-19)32-20-8-2-1-3-9-20)27-13-15-28(16-14-27)26(30)24-18-31-22-11-4-5-12-23(22)33-24/h1-12,17,24H,13-16,18H2/t24-/m0/s1. The van der Waals surface area contributed by atoms with Gasteiger partial charge in [0, 0.05) is 31.7 Å². The van der Waals surface area contributed by atoms with Crippen LogP contribution in [0, 0.1) is 0 Å². The molecule has 1 atom stereocenters. The molecule has 7 nitrogen and oxygen atoms in total. The summed E-state index contributed by atoms with van der Waals surface area (Å²) in [5, 5.41) is 0. The number of carbonyl (C=O) groups excluding carboxylic acids is 2. The molecule has 1 fully saturated rings. The molecule has 2 heterocycles. The van der Waals surface area contributed by atoms with Crippen LogP contribution in [-0.4, -0.2) is 60.5 Å². The van der Waals surface area contributed by atoms with Gasteiger partial charge in [-0.2, -0.15) is 0 Å². The number of amides is 2. The van der Waals surface area contributed by atoms with Crippen LogP contribution in [0.4, 0.5) is 0 Å². The average molecular weight is 444 g/mol. The van der Waals surface area contributed by atoms with Crippen LogP contribution in [0.2, 0.25) is 0 Å². The number of hydrogen-bond donors (Lipinski definition) is 0. The molecule has 0 spiro atoms. The molecule has 5 rings (SSSR count). The predicted octanol–water partition coefficient (Wildman–Crippen LogP) is 3.60. The fraction of sp³-hybridized carbons (Fsp3) is 0.231. The Morgan fingerprint density at radius 3 is 2.21 bits per heavy atom. The second-order valence-corrected chi connectivity index (χ2v) is 7.92. The molecule has 1 saturated heterocycles. The van der Waals surface area contributed by atoms with Gasteiger partial charge in [-0.05, 0) is 42.5 Å². The highest BCUT2D eigenvalue weighted by Crippen LogP contribution is 2.31. The maximum absolute atomic E-state index is 13.0. The van der Waals surface area contributed by atoms with Crippen molar-refractivity contribution in [2.45, 2.75) is 6.10 Å². The van der Waals surface area contributed by atoms with E-state index in [2.05, 4.69) is 0 Å². The second kappa shape index (κ2) is 9.24. The van der Waals surface area contributed by atoms with Crippen molar-refractivity contribution in [2.24, 2.45) is 0 Å². The van der Waals surface area contributed by atoms with E-state index in [9.17, 15) is 9.59 Å². The van der Waals surface area contributed by atoms with Crippen molar-refractivity contribution >= 4 is 11.8 Å². The minimum atomic E-state index is -0.672. The number of piperazine rings is 1. The Morgan fingerprint density at radius 1 is 0.758 bits per heavy atom. The molecule has 2 amide bonds. The smallest absolute Gasteiger partial charge is 0.267 e. The van der Waals surface area contributed by atoms with Crippen LogP contribution in [0.15, 0.2) is 78.9 Å². The predicted molar refractivity (Wildman–Crippen MR) is 122 cm³/mol. The fourth-order valence-electron chi connectivity index (χ4n) is 3.97. The summed E-state index contributed by atoms with van der Waals surface area (Å²) >= 11 is 0. The van der Waals surface area contributed by atoms with Crippen LogP contribution in [-0.2, 0) is 4.79 Å². The lowest BCUT2D eigenvalue weighted by Crippen LogP contribution is -2.55. The van der Waals surface area contributed by atoms with Gasteiger partial charge in [-0.25, -0.2) is 0 Å². The third-order valence-corrected chi connectivity index (χ3v) is 5.72. The highest BCUT2D eigenvalue weighted by molar-refractivity contribution is 5.95. The number of nitrogens with zero attached hydrogens (tertiary/aromatic N) is 2. The molecule has 7 heteroatoms. The summed E-state index contributed by atoms with van der Waals surface area (Å²) in [6.45, 7) is 2.00. The van der Waals surface area contributed by atoms with E-state index in [1.807, 2.05) is 60.7 Å². The number of rotatable bonds is 4. The Kier molecular flexibility index (Phi) is 5.85. The van der Waals surface area contributed by atoms with Crippen LogP contribution in [0.25, 0.3) is 0 Å². The molecule has 0 aromatic heterocycles. The third kappa shape index (κ3) is 4.62. The van der Waals surface area contributed by atoms with Gasteiger partial charge in [0.15, 0.2) is 11.5 Å². The van der Waals surface area contributed by atoms with Crippen LogP contribution < -0.4 is 14.2 Å². The second-order valence-electron chi connectivity index (χ2n) is 7.92. The molecule has 33 heavy (non-hydrogen) atoms. The largest absolute Gasteiger partial charge is 0.485 e. The zero-order valence-corrected chi connectivity index (χ0v) is 18.1. The quantitative estimate of drug-likeness (QED) is 0.615. The minimum absolute atomic E-state index is 0.0770. The van der Waals surface area contributed by atoms with E-state index in [1.165, 1.54) is 0 Å².